The average molecular weight is 464 g/mol. The third-order valence-corrected chi connectivity index (χ3v) is 8.09. The molecule has 0 fully saturated rings. The van der Waals surface area contributed by atoms with Crippen LogP contribution in [0.25, 0.3) is 0 Å². The lowest BCUT2D eigenvalue weighted by Crippen LogP contribution is -2.30. The van der Waals surface area contributed by atoms with E-state index in [1.54, 1.807) is 6.07 Å². The van der Waals surface area contributed by atoms with Crippen LogP contribution >= 0.6 is 0 Å². The smallest absolute Gasteiger partial charge is 0.255 e. The van der Waals surface area contributed by atoms with Crippen molar-refractivity contribution in [1.82, 2.24) is 4.31 Å². The van der Waals surface area contributed by atoms with E-state index in [9.17, 15) is 13.2 Å². The summed E-state index contributed by atoms with van der Waals surface area (Å²) >= 11 is 0. The number of nitrogens with one attached hydrogen (secondary N) is 1. The lowest BCUT2D eigenvalue weighted by molar-refractivity contribution is 0.102. The minimum atomic E-state index is -3.60. The largest absolute Gasteiger partial charge is 0.367 e. The second kappa shape index (κ2) is 9.00. The molecule has 1 amide bonds. The fraction of sp³-hybridized carbons (Fsp3) is 0.269. The number of nitrogens with zero attached hydrogens (tertiary/aromatic N) is 2. The van der Waals surface area contributed by atoms with Crippen LogP contribution in [0.4, 0.5) is 11.4 Å². The highest BCUT2D eigenvalue weighted by molar-refractivity contribution is 7.89. The Labute approximate surface area is 195 Å². The summed E-state index contributed by atoms with van der Waals surface area (Å²) in [6.07, 6.45) is 1.00. The molecule has 0 saturated carbocycles. The fourth-order valence-corrected chi connectivity index (χ4v) is 5.06. The summed E-state index contributed by atoms with van der Waals surface area (Å²) in [6.45, 7) is 5.50. The van der Waals surface area contributed by atoms with Gasteiger partial charge in [0.05, 0.1) is 4.90 Å². The van der Waals surface area contributed by atoms with Gasteiger partial charge < -0.3 is 10.2 Å². The third kappa shape index (κ3) is 4.65. The molecule has 4 rings (SSSR count). The summed E-state index contributed by atoms with van der Waals surface area (Å²) in [5.74, 6) is -0.271. The Morgan fingerprint density at radius 2 is 1.64 bits per heavy atom. The van der Waals surface area contributed by atoms with Gasteiger partial charge >= 0.3 is 0 Å². The molecule has 33 heavy (non-hydrogen) atoms. The van der Waals surface area contributed by atoms with Gasteiger partial charge in [-0.25, -0.2) is 12.7 Å². The summed E-state index contributed by atoms with van der Waals surface area (Å²) in [4.78, 5) is 15.4. The van der Waals surface area contributed by atoms with Crippen LogP contribution in [0.1, 0.15) is 32.6 Å². The average Bonchev–Trinajstić information content (AvgIpc) is 2.81. The Kier molecular flexibility index (Phi) is 6.28. The third-order valence-electron chi connectivity index (χ3n) is 6.29. The minimum absolute atomic E-state index is 0.159. The predicted octanol–water partition coefficient (Wildman–Crippen LogP) is 4.37. The number of anilines is 2. The SMILES string of the molecule is Cc1cc(S(=O)(=O)N(C)C)cc(NC(=O)c2ccc(N3CCc4ccccc4C3)cc2)c1C. The molecule has 3 aromatic carbocycles. The summed E-state index contributed by atoms with van der Waals surface area (Å²) in [7, 11) is -0.619. The molecule has 6 nitrogen and oxygen atoms in total. The summed E-state index contributed by atoms with van der Waals surface area (Å²) in [5, 5.41) is 2.90. The van der Waals surface area contributed by atoms with Gasteiger partial charge in [0.15, 0.2) is 0 Å². The molecule has 7 heteroatoms. The molecule has 1 N–H and O–H groups in total. The van der Waals surface area contributed by atoms with Crippen molar-refractivity contribution < 1.29 is 13.2 Å². The number of aryl methyl sites for hydroxylation is 1. The van der Waals surface area contributed by atoms with Crippen molar-refractivity contribution in [2.75, 3.05) is 30.9 Å². The van der Waals surface area contributed by atoms with Crippen LogP contribution in [0.2, 0.25) is 0 Å². The summed E-state index contributed by atoms with van der Waals surface area (Å²) < 4.78 is 26.3. The van der Waals surface area contributed by atoms with E-state index in [-0.39, 0.29) is 10.8 Å². The van der Waals surface area contributed by atoms with Crippen LogP contribution in [-0.2, 0) is 23.0 Å². The molecule has 1 aliphatic rings. The molecule has 0 radical (unpaired) electrons. The molecule has 0 aliphatic carbocycles. The zero-order chi connectivity index (χ0) is 23.8. The number of benzene rings is 3. The normalized spacial score (nSPS) is 13.7. The lowest BCUT2D eigenvalue weighted by Gasteiger charge is -2.30. The number of carbonyl (C=O) groups is 1. The van der Waals surface area contributed by atoms with E-state index >= 15 is 0 Å². The molecule has 0 atom stereocenters. The van der Waals surface area contributed by atoms with Crippen LogP contribution in [0.5, 0.6) is 0 Å². The van der Waals surface area contributed by atoms with E-state index in [2.05, 4.69) is 34.5 Å². The van der Waals surface area contributed by atoms with Crippen molar-refractivity contribution in [3.05, 3.63) is 88.5 Å². The van der Waals surface area contributed by atoms with Crippen molar-refractivity contribution >= 4 is 27.3 Å². The van der Waals surface area contributed by atoms with Crippen molar-refractivity contribution in [1.29, 1.82) is 0 Å². The number of carbonyl (C=O) groups excluding carboxylic acids is 1. The first-order valence-corrected chi connectivity index (χ1v) is 12.4. The quantitative estimate of drug-likeness (QED) is 0.610. The number of fused-ring (bicyclic) bond motifs is 1. The predicted molar refractivity (Wildman–Crippen MR) is 132 cm³/mol. The zero-order valence-electron chi connectivity index (χ0n) is 19.4. The molecule has 0 unspecified atom stereocenters. The van der Waals surface area contributed by atoms with Crippen LogP contribution in [0, 0.1) is 13.8 Å². The lowest BCUT2D eigenvalue weighted by atomic mass is 9.99. The molecule has 0 saturated heterocycles. The Bertz CT molecular complexity index is 1300. The van der Waals surface area contributed by atoms with Gasteiger partial charge in [-0.1, -0.05) is 24.3 Å². The summed E-state index contributed by atoms with van der Waals surface area (Å²) in [6, 6.07) is 19.2. The first-order chi connectivity index (χ1) is 15.7. The summed E-state index contributed by atoms with van der Waals surface area (Å²) in [5.41, 5.74) is 6.47. The van der Waals surface area contributed by atoms with Gasteiger partial charge in [0.25, 0.3) is 5.91 Å². The molecule has 1 heterocycles. The van der Waals surface area contributed by atoms with Crippen molar-refractivity contribution in [3.63, 3.8) is 0 Å². The highest BCUT2D eigenvalue weighted by atomic mass is 32.2. The Balaban J connectivity index is 1.52. The van der Waals surface area contributed by atoms with E-state index in [0.717, 1.165) is 36.3 Å². The number of rotatable bonds is 5. The first-order valence-electron chi connectivity index (χ1n) is 10.9. The van der Waals surface area contributed by atoms with Gasteiger partial charge in [-0.15, -0.1) is 0 Å². The maximum Gasteiger partial charge on any atom is 0.255 e. The van der Waals surface area contributed by atoms with Crippen LogP contribution < -0.4 is 10.2 Å². The monoisotopic (exact) mass is 463 g/mol. The van der Waals surface area contributed by atoms with E-state index in [4.69, 9.17) is 0 Å². The highest BCUT2D eigenvalue weighted by Crippen LogP contribution is 2.27. The molecule has 0 spiro atoms. The molecule has 0 aromatic heterocycles. The van der Waals surface area contributed by atoms with E-state index in [0.29, 0.717) is 11.3 Å². The minimum Gasteiger partial charge on any atom is -0.367 e. The number of sulfonamides is 1. The number of hydrogen-bond acceptors (Lipinski definition) is 4. The molecule has 3 aromatic rings. The highest BCUT2D eigenvalue weighted by Gasteiger charge is 2.21. The molecule has 172 valence electrons. The Hall–Kier alpha value is -3.16. The van der Waals surface area contributed by atoms with Gasteiger partial charge in [0.1, 0.15) is 0 Å². The van der Waals surface area contributed by atoms with Gasteiger partial charge in [0, 0.05) is 44.1 Å². The fourth-order valence-electron chi connectivity index (χ4n) is 4.05. The van der Waals surface area contributed by atoms with Gasteiger partial charge in [-0.2, -0.15) is 0 Å². The van der Waals surface area contributed by atoms with Crippen molar-refractivity contribution in [2.45, 2.75) is 31.7 Å². The van der Waals surface area contributed by atoms with E-state index in [1.807, 2.05) is 38.1 Å². The Morgan fingerprint density at radius 3 is 2.30 bits per heavy atom. The van der Waals surface area contributed by atoms with Gasteiger partial charge in [-0.05, 0) is 78.9 Å². The van der Waals surface area contributed by atoms with E-state index < -0.39 is 10.0 Å². The topological polar surface area (TPSA) is 69.7 Å². The maximum absolute atomic E-state index is 12.9. The second-order valence-corrected chi connectivity index (χ2v) is 10.8. The molecule has 0 bridgehead atoms. The van der Waals surface area contributed by atoms with Crippen LogP contribution in [0.3, 0.4) is 0 Å². The zero-order valence-corrected chi connectivity index (χ0v) is 20.2. The number of amides is 1. The Morgan fingerprint density at radius 1 is 0.970 bits per heavy atom. The number of hydrogen-bond donors (Lipinski definition) is 1. The molecular weight excluding hydrogens is 434 g/mol. The van der Waals surface area contributed by atoms with Crippen LogP contribution in [0.15, 0.2) is 65.6 Å². The maximum atomic E-state index is 12.9. The van der Waals surface area contributed by atoms with E-state index in [1.165, 1.54) is 35.6 Å². The van der Waals surface area contributed by atoms with Crippen molar-refractivity contribution in [3.8, 4) is 0 Å². The van der Waals surface area contributed by atoms with Gasteiger partial charge in [0.2, 0.25) is 10.0 Å². The molecule has 1 aliphatic heterocycles. The standard InChI is InChI=1S/C26H29N3O3S/c1-18-15-24(33(31,32)28(3)4)16-25(19(18)2)27-26(30)21-9-11-23(12-10-21)29-14-13-20-7-5-6-8-22(20)17-29/h5-12,15-16H,13-14,17H2,1-4H3,(H,27,30). The van der Waals surface area contributed by atoms with Crippen molar-refractivity contribution in [2.24, 2.45) is 0 Å². The molecular formula is C26H29N3O3S. The van der Waals surface area contributed by atoms with Crippen LogP contribution in [-0.4, -0.2) is 39.3 Å². The first kappa shape index (κ1) is 23.0. The second-order valence-electron chi connectivity index (χ2n) is 8.64. The van der Waals surface area contributed by atoms with Gasteiger partial charge in [-0.3, -0.25) is 4.79 Å².